The highest BCUT2D eigenvalue weighted by Crippen LogP contribution is 2.57. The number of likely N-dealkylation sites (tertiary alicyclic amines) is 1. The summed E-state index contributed by atoms with van der Waals surface area (Å²) in [6, 6.07) is 11.1. The van der Waals surface area contributed by atoms with Crippen molar-refractivity contribution < 1.29 is 13.5 Å². The van der Waals surface area contributed by atoms with Gasteiger partial charge in [-0.15, -0.1) is 0 Å². The van der Waals surface area contributed by atoms with E-state index < -0.39 is 15.4 Å². The van der Waals surface area contributed by atoms with E-state index in [2.05, 4.69) is 35.2 Å². The van der Waals surface area contributed by atoms with Crippen LogP contribution in [0.1, 0.15) is 56.6 Å². The zero-order valence-corrected chi connectivity index (χ0v) is 15.7. The van der Waals surface area contributed by atoms with Crippen molar-refractivity contribution in [2.24, 2.45) is 5.41 Å². The number of rotatable bonds is 3. The highest BCUT2D eigenvalue weighted by molar-refractivity contribution is 7.91. The van der Waals surface area contributed by atoms with Crippen molar-refractivity contribution in [1.82, 2.24) is 4.90 Å². The number of sulfone groups is 1. The fourth-order valence-corrected chi connectivity index (χ4v) is 6.93. The average Bonchev–Trinajstić information content (AvgIpc) is 2.59. The Morgan fingerprint density at radius 2 is 1.64 bits per heavy atom. The summed E-state index contributed by atoms with van der Waals surface area (Å²) in [4.78, 5) is 2.42. The molecule has 1 N–H and O–H groups in total. The van der Waals surface area contributed by atoms with Crippen molar-refractivity contribution in [3.63, 3.8) is 0 Å². The Hall–Kier alpha value is -0.910. The van der Waals surface area contributed by atoms with E-state index in [1.165, 1.54) is 37.7 Å². The van der Waals surface area contributed by atoms with Gasteiger partial charge in [-0.1, -0.05) is 49.6 Å². The molecule has 1 aromatic rings. The van der Waals surface area contributed by atoms with Crippen LogP contribution in [-0.2, 0) is 9.84 Å². The molecule has 4 rings (SSSR count). The van der Waals surface area contributed by atoms with Crippen LogP contribution in [0.25, 0.3) is 0 Å². The van der Waals surface area contributed by atoms with Gasteiger partial charge < -0.3 is 5.11 Å². The van der Waals surface area contributed by atoms with Gasteiger partial charge in [0.2, 0.25) is 0 Å². The lowest BCUT2D eigenvalue weighted by Crippen LogP contribution is -2.63. The molecule has 0 amide bonds. The Morgan fingerprint density at radius 3 is 2.28 bits per heavy atom. The molecule has 138 valence electrons. The number of hydrogen-bond donors (Lipinski definition) is 1. The summed E-state index contributed by atoms with van der Waals surface area (Å²) >= 11 is 0. The van der Waals surface area contributed by atoms with Gasteiger partial charge in [-0.25, -0.2) is 8.42 Å². The lowest BCUT2D eigenvalue weighted by atomic mass is 9.60. The molecule has 0 unspecified atom stereocenters. The molecule has 1 saturated carbocycles. The molecule has 0 bridgehead atoms. The molecule has 1 aliphatic carbocycles. The molecule has 1 atom stereocenters. The molecule has 25 heavy (non-hydrogen) atoms. The normalized spacial score (nSPS) is 30.7. The molecule has 5 heteroatoms. The van der Waals surface area contributed by atoms with Gasteiger partial charge in [0.25, 0.3) is 0 Å². The predicted octanol–water partition coefficient (Wildman–Crippen LogP) is 2.93. The predicted molar refractivity (Wildman–Crippen MR) is 99.1 cm³/mol. The summed E-state index contributed by atoms with van der Waals surface area (Å²) in [5.74, 6) is 0.247. The molecule has 3 aliphatic rings. The third-order valence-electron chi connectivity index (χ3n) is 6.68. The Bertz CT molecular complexity index is 696. The van der Waals surface area contributed by atoms with Gasteiger partial charge in [0.1, 0.15) is 0 Å². The first kappa shape index (κ1) is 17.5. The maximum Gasteiger partial charge on any atom is 0.150 e. The van der Waals surface area contributed by atoms with E-state index in [4.69, 9.17) is 0 Å². The van der Waals surface area contributed by atoms with Crippen molar-refractivity contribution in [2.45, 2.75) is 56.6 Å². The van der Waals surface area contributed by atoms with Crippen molar-refractivity contribution in [1.29, 1.82) is 0 Å². The largest absolute Gasteiger partial charge is 0.388 e. The third-order valence-corrected chi connectivity index (χ3v) is 8.33. The molecule has 1 spiro atoms. The summed E-state index contributed by atoms with van der Waals surface area (Å²) in [6.07, 6.45) is 7.25. The van der Waals surface area contributed by atoms with Crippen LogP contribution < -0.4 is 0 Å². The van der Waals surface area contributed by atoms with Crippen LogP contribution in [0, 0.1) is 5.41 Å². The minimum Gasteiger partial charge on any atom is -0.388 e. The maximum absolute atomic E-state index is 11.7. The Morgan fingerprint density at radius 1 is 1.00 bits per heavy atom. The summed E-state index contributed by atoms with van der Waals surface area (Å²) in [5.41, 5.74) is 0.855. The topological polar surface area (TPSA) is 57.6 Å². The summed E-state index contributed by atoms with van der Waals surface area (Å²) in [6.45, 7) is 1.64. The van der Waals surface area contributed by atoms with Crippen LogP contribution in [0.4, 0.5) is 0 Å². The van der Waals surface area contributed by atoms with Crippen LogP contribution in [-0.4, -0.2) is 48.6 Å². The van der Waals surface area contributed by atoms with E-state index in [1.54, 1.807) is 0 Å². The average molecular weight is 364 g/mol. The second-order valence-electron chi connectivity index (χ2n) is 8.52. The van der Waals surface area contributed by atoms with Crippen molar-refractivity contribution in [3.8, 4) is 0 Å². The highest BCUT2D eigenvalue weighted by Gasteiger charge is 2.54. The minimum atomic E-state index is -2.95. The number of benzene rings is 1. The molecular weight excluding hydrogens is 334 g/mol. The van der Waals surface area contributed by atoms with Crippen LogP contribution in [0.3, 0.4) is 0 Å². The first-order valence-corrected chi connectivity index (χ1v) is 11.5. The van der Waals surface area contributed by atoms with E-state index in [9.17, 15) is 13.5 Å². The lowest BCUT2D eigenvalue weighted by Gasteiger charge is -2.61. The molecule has 4 nitrogen and oxygen atoms in total. The lowest BCUT2D eigenvalue weighted by molar-refractivity contribution is -0.137. The SMILES string of the molecule is O=S1(=O)CCC(O)(CN2CC3(CCCCC3)[C@H]2c2ccccc2)CC1. The summed E-state index contributed by atoms with van der Waals surface area (Å²) in [7, 11) is -2.95. The molecule has 2 heterocycles. The van der Waals surface area contributed by atoms with Gasteiger partial charge in [-0.3, -0.25) is 4.90 Å². The Kier molecular flexibility index (Phi) is 4.45. The standard InChI is InChI=1S/C20H29NO3S/c22-20(11-13-25(23,24)14-12-20)16-21-15-19(9-5-2-6-10-19)18(21)17-7-3-1-4-8-17/h1,3-4,7-8,18,22H,2,5-6,9-16H2/t18-/m1/s1. The van der Waals surface area contributed by atoms with Gasteiger partial charge in [-0.05, 0) is 31.2 Å². The maximum atomic E-state index is 11.7. The zero-order chi connectivity index (χ0) is 17.5. The second kappa shape index (κ2) is 6.36. The molecule has 1 aromatic carbocycles. The van der Waals surface area contributed by atoms with Crippen LogP contribution in [0.5, 0.6) is 0 Å². The van der Waals surface area contributed by atoms with E-state index in [-0.39, 0.29) is 11.5 Å². The number of hydrogen-bond acceptors (Lipinski definition) is 4. The third kappa shape index (κ3) is 3.38. The van der Waals surface area contributed by atoms with Crippen LogP contribution >= 0.6 is 0 Å². The molecule has 3 fully saturated rings. The van der Waals surface area contributed by atoms with Gasteiger partial charge in [0.15, 0.2) is 9.84 Å². The first-order chi connectivity index (χ1) is 11.9. The minimum absolute atomic E-state index is 0.123. The Balaban J connectivity index is 1.53. The fraction of sp³-hybridized carbons (Fsp3) is 0.700. The quantitative estimate of drug-likeness (QED) is 0.897. The van der Waals surface area contributed by atoms with Crippen molar-refractivity contribution >= 4 is 9.84 Å². The highest BCUT2D eigenvalue weighted by atomic mass is 32.2. The van der Waals surface area contributed by atoms with Gasteiger partial charge in [-0.2, -0.15) is 0 Å². The molecular formula is C20H29NO3S. The van der Waals surface area contributed by atoms with Gasteiger partial charge >= 0.3 is 0 Å². The molecule has 2 saturated heterocycles. The molecule has 0 aromatic heterocycles. The summed E-state index contributed by atoms with van der Waals surface area (Å²) in [5, 5.41) is 11.0. The number of nitrogens with zero attached hydrogens (tertiary/aromatic N) is 1. The number of β-amino-alcohol motifs (C(OH)–C–C–N with tert-alkyl or cyclic N) is 1. The van der Waals surface area contributed by atoms with Crippen LogP contribution in [0.15, 0.2) is 30.3 Å². The first-order valence-electron chi connectivity index (χ1n) is 9.63. The second-order valence-corrected chi connectivity index (χ2v) is 10.8. The number of aliphatic hydroxyl groups is 1. The monoisotopic (exact) mass is 363 g/mol. The van der Waals surface area contributed by atoms with E-state index in [0.717, 1.165) is 6.54 Å². The van der Waals surface area contributed by atoms with Crippen molar-refractivity contribution in [3.05, 3.63) is 35.9 Å². The molecule has 0 radical (unpaired) electrons. The van der Waals surface area contributed by atoms with E-state index in [1.807, 2.05) is 0 Å². The smallest absolute Gasteiger partial charge is 0.150 e. The van der Waals surface area contributed by atoms with E-state index >= 15 is 0 Å². The fourth-order valence-electron chi connectivity index (χ4n) is 5.35. The van der Waals surface area contributed by atoms with Crippen LogP contribution in [0.2, 0.25) is 0 Å². The molecule has 2 aliphatic heterocycles. The summed E-state index contributed by atoms with van der Waals surface area (Å²) < 4.78 is 23.4. The van der Waals surface area contributed by atoms with Gasteiger partial charge in [0.05, 0.1) is 17.1 Å². The zero-order valence-electron chi connectivity index (χ0n) is 14.9. The van der Waals surface area contributed by atoms with Gasteiger partial charge in [0, 0.05) is 24.5 Å². The van der Waals surface area contributed by atoms with E-state index in [0.29, 0.717) is 30.8 Å². The van der Waals surface area contributed by atoms with Crippen molar-refractivity contribution in [2.75, 3.05) is 24.6 Å². The Labute approximate surface area is 151 Å².